The highest BCUT2D eigenvalue weighted by molar-refractivity contribution is 5.96. The standard InChI is InChI=1S/C20H25N3O2/c1-3-9-19(24)21-16-10-8-11-17(14-16)22-20(25)15-23(4-2)18-12-6-5-7-13-18/h5-8,10-14H,3-4,9,15H2,1-2H3,(H,21,24)(H,22,25). The summed E-state index contributed by atoms with van der Waals surface area (Å²) in [5.41, 5.74) is 2.37. The van der Waals surface area contributed by atoms with Crippen molar-refractivity contribution in [2.45, 2.75) is 26.7 Å². The number of anilines is 3. The predicted octanol–water partition coefficient (Wildman–Crippen LogP) is 3.89. The zero-order chi connectivity index (χ0) is 18.1. The molecule has 0 spiro atoms. The average Bonchev–Trinajstić information content (AvgIpc) is 2.61. The van der Waals surface area contributed by atoms with E-state index in [2.05, 4.69) is 10.6 Å². The first-order valence-corrected chi connectivity index (χ1v) is 8.62. The largest absolute Gasteiger partial charge is 0.362 e. The Hall–Kier alpha value is -2.82. The molecule has 25 heavy (non-hydrogen) atoms. The van der Waals surface area contributed by atoms with Gasteiger partial charge in [-0.05, 0) is 43.7 Å². The van der Waals surface area contributed by atoms with Gasteiger partial charge in [0, 0.05) is 30.0 Å². The fourth-order valence-electron chi connectivity index (χ4n) is 2.52. The van der Waals surface area contributed by atoms with Crippen molar-refractivity contribution < 1.29 is 9.59 Å². The Labute approximate surface area is 149 Å². The van der Waals surface area contributed by atoms with E-state index in [1.807, 2.05) is 67.3 Å². The minimum absolute atomic E-state index is 0.0211. The Morgan fingerprint density at radius 1 is 0.880 bits per heavy atom. The van der Waals surface area contributed by atoms with E-state index in [1.54, 1.807) is 6.07 Å². The van der Waals surface area contributed by atoms with Crippen molar-refractivity contribution in [3.05, 3.63) is 54.6 Å². The Morgan fingerprint density at radius 2 is 1.52 bits per heavy atom. The summed E-state index contributed by atoms with van der Waals surface area (Å²) in [5, 5.41) is 5.72. The van der Waals surface area contributed by atoms with Gasteiger partial charge in [0.15, 0.2) is 0 Å². The van der Waals surface area contributed by atoms with Crippen LogP contribution < -0.4 is 15.5 Å². The zero-order valence-electron chi connectivity index (χ0n) is 14.8. The third-order valence-corrected chi connectivity index (χ3v) is 3.74. The summed E-state index contributed by atoms with van der Waals surface area (Å²) >= 11 is 0. The van der Waals surface area contributed by atoms with E-state index < -0.39 is 0 Å². The Balaban J connectivity index is 1.97. The summed E-state index contributed by atoms with van der Waals surface area (Å²) < 4.78 is 0. The van der Waals surface area contributed by atoms with Crippen LogP contribution in [0.15, 0.2) is 54.6 Å². The lowest BCUT2D eigenvalue weighted by atomic mass is 10.2. The van der Waals surface area contributed by atoms with Gasteiger partial charge in [-0.15, -0.1) is 0 Å². The highest BCUT2D eigenvalue weighted by Crippen LogP contribution is 2.17. The first-order valence-electron chi connectivity index (χ1n) is 8.62. The van der Waals surface area contributed by atoms with Gasteiger partial charge >= 0.3 is 0 Å². The van der Waals surface area contributed by atoms with Gasteiger partial charge in [-0.2, -0.15) is 0 Å². The van der Waals surface area contributed by atoms with Gasteiger partial charge in [0.1, 0.15) is 0 Å². The van der Waals surface area contributed by atoms with Crippen molar-refractivity contribution in [3.63, 3.8) is 0 Å². The van der Waals surface area contributed by atoms with Gasteiger partial charge < -0.3 is 15.5 Å². The number of benzene rings is 2. The van der Waals surface area contributed by atoms with Gasteiger partial charge in [0.2, 0.25) is 11.8 Å². The number of nitrogens with one attached hydrogen (secondary N) is 2. The third kappa shape index (κ3) is 5.95. The van der Waals surface area contributed by atoms with Crippen LogP contribution in [0.25, 0.3) is 0 Å². The van der Waals surface area contributed by atoms with E-state index in [0.29, 0.717) is 17.8 Å². The number of nitrogens with zero attached hydrogens (tertiary/aromatic N) is 1. The van der Waals surface area contributed by atoms with Crippen LogP contribution in [-0.4, -0.2) is 24.9 Å². The van der Waals surface area contributed by atoms with Crippen molar-refractivity contribution in [1.82, 2.24) is 0 Å². The van der Waals surface area contributed by atoms with Crippen molar-refractivity contribution in [2.75, 3.05) is 28.6 Å². The van der Waals surface area contributed by atoms with E-state index in [-0.39, 0.29) is 18.4 Å². The fourth-order valence-corrected chi connectivity index (χ4v) is 2.52. The van der Waals surface area contributed by atoms with Gasteiger partial charge in [-0.1, -0.05) is 31.2 Å². The van der Waals surface area contributed by atoms with Crippen LogP contribution in [0, 0.1) is 0 Å². The van der Waals surface area contributed by atoms with Gasteiger partial charge in [0.25, 0.3) is 0 Å². The maximum atomic E-state index is 12.4. The summed E-state index contributed by atoms with van der Waals surface area (Å²) in [6.07, 6.45) is 1.29. The van der Waals surface area contributed by atoms with Crippen molar-refractivity contribution in [1.29, 1.82) is 0 Å². The lowest BCUT2D eigenvalue weighted by molar-refractivity contribution is -0.116. The SMILES string of the molecule is CCCC(=O)Nc1cccc(NC(=O)CN(CC)c2ccccc2)c1. The number of para-hydroxylation sites is 1. The maximum absolute atomic E-state index is 12.4. The smallest absolute Gasteiger partial charge is 0.243 e. The molecule has 0 radical (unpaired) electrons. The number of hydrogen-bond acceptors (Lipinski definition) is 3. The maximum Gasteiger partial charge on any atom is 0.243 e. The quantitative estimate of drug-likeness (QED) is 0.767. The molecule has 5 heteroatoms. The molecule has 5 nitrogen and oxygen atoms in total. The molecule has 0 aliphatic rings. The van der Waals surface area contributed by atoms with E-state index in [9.17, 15) is 9.59 Å². The van der Waals surface area contributed by atoms with Crippen LogP contribution in [0.3, 0.4) is 0 Å². The fraction of sp³-hybridized carbons (Fsp3) is 0.300. The molecule has 0 atom stereocenters. The normalized spacial score (nSPS) is 10.2. The molecule has 0 heterocycles. The predicted molar refractivity (Wildman–Crippen MR) is 103 cm³/mol. The zero-order valence-corrected chi connectivity index (χ0v) is 14.8. The molecule has 0 aromatic heterocycles. The molecule has 0 unspecified atom stereocenters. The molecule has 0 fully saturated rings. The molecular weight excluding hydrogens is 314 g/mol. The minimum atomic E-state index is -0.0947. The summed E-state index contributed by atoms with van der Waals surface area (Å²) in [5.74, 6) is -0.116. The molecule has 2 amide bonds. The third-order valence-electron chi connectivity index (χ3n) is 3.74. The molecule has 2 N–H and O–H groups in total. The number of carbonyl (C=O) groups excluding carboxylic acids is 2. The van der Waals surface area contributed by atoms with Crippen molar-refractivity contribution in [2.24, 2.45) is 0 Å². The number of rotatable bonds is 8. The lowest BCUT2D eigenvalue weighted by Crippen LogP contribution is -2.33. The summed E-state index contributed by atoms with van der Waals surface area (Å²) in [4.78, 5) is 26.0. The Bertz CT molecular complexity index is 701. The molecule has 0 aliphatic heterocycles. The van der Waals surface area contributed by atoms with Crippen LogP contribution in [0.5, 0.6) is 0 Å². The molecule has 0 saturated carbocycles. The minimum Gasteiger partial charge on any atom is -0.362 e. The highest BCUT2D eigenvalue weighted by atomic mass is 16.2. The second-order valence-electron chi connectivity index (χ2n) is 5.78. The van der Waals surface area contributed by atoms with Gasteiger partial charge in [0.05, 0.1) is 6.54 Å². The molecule has 132 valence electrons. The van der Waals surface area contributed by atoms with Crippen LogP contribution in [0.4, 0.5) is 17.1 Å². The highest BCUT2D eigenvalue weighted by Gasteiger charge is 2.10. The molecule has 2 aromatic carbocycles. The second-order valence-corrected chi connectivity index (χ2v) is 5.78. The first-order chi connectivity index (χ1) is 12.1. The summed E-state index contributed by atoms with van der Waals surface area (Å²) in [6, 6.07) is 17.0. The number of likely N-dealkylation sites (N-methyl/N-ethyl adjacent to an activating group) is 1. The summed E-state index contributed by atoms with van der Waals surface area (Å²) in [6.45, 7) is 4.99. The monoisotopic (exact) mass is 339 g/mol. The number of carbonyl (C=O) groups is 2. The van der Waals surface area contributed by atoms with Crippen molar-refractivity contribution in [3.8, 4) is 0 Å². The van der Waals surface area contributed by atoms with Crippen molar-refractivity contribution >= 4 is 28.9 Å². The van der Waals surface area contributed by atoms with Gasteiger partial charge in [-0.3, -0.25) is 9.59 Å². The van der Waals surface area contributed by atoms with E-state index >= 15 is 0 Å². The summed E-state index contributed by atoms with van der Waals surface area (Å²) in [7, 11) is 0. The Morgan fingerprint density at radius 3 is 2.12 bits per heavy atom. The molecule has 2 rings (SSSR count). The van der Waals surface area contributed by atoms with E-state index in [1.165, 1.54) is 0 Å². The van der Waals surface area contributed by atoms with E-state index in [0.717, 1.165) is 18.7 Å². The van der Waals surface area contributed by atoms with E-state index in [4.69, 9.17) is 0 Å². The topological polar surface area (TPSA) is 61.4 Å². The second kappa shape index (κ2) is 9.47. The Kier molecular flexibility index (Phi) is 7.01. The molecule has 0 aliphatic carbocycles. The lowest BCUT2D eigenvalue weighted by Gasteiger charge is -2.22. The molecule has 2 aromatic rings. The van der Waals surface area contributed by atoms with Crippen LogP contribution >= 0.6 is 0 Å². The van der Waals surface area contributed by atoms with Crippen LogP contribution in [0.2, 0.25) is 0 Å². The average molecular weight is 339 g/mol. The molecule has 0 saturated heterocycles. The first kappa shape index (κ1) is 18.5. The number of amides is 2. The van der Waals surface area contributed by atoms with Gasteiger partial charge in [-0.25, -0.2) is 0 Å². The molecular formula is C20H25N3O2. The van der Waals surface area contributed by atoms with Crippen LogP contribution in [0.1, 0.15) is 26.7 Å². The van der Waals surface area contributed by atoms with Crippen LogP contribution in [-0.2, 0) is 9.59 Å². The molecule has 0 bridgehead atoms. The number of hydrogen-bond donors (Lipinski definition) is 2.